The van der Waals surface area contributed by atoms with E-state index in [0.29, 0.717) is 0 Å². The Hall–Kier alpha value is -0.260. The Kier molecular flexibility index (Phi) is 3.21. The molecule has 17 heavy (non-hydrogen) atoms. The van der Waals surface area contributed by atoms with Gasteiger partial charge in [-0.2, -0.15) is 0 Å². The summed E-state index contributed by atoms with van der Waals surface area (Å²) in [6.45, 7) is 10.8. The second kappa shape index (κ2) is 4.14. The van der Waals surface area contributed by atoms with Crippen LogP contribution in [0.1, 0.15) is 40.2 Å². The minimum Gasteiger partial charge on any atom is -0.487 e. The topological polar surface area (TPSA) is 9.23 Å². The lowest BCUT2D eigenvalue weighted by Crippen LogP contribution is -2.26. The fraction of sp³-hybridized carbons (Fsp3) is 0.571. The van der Waals surface area contributed by atoms with Gasteiger partial charge >= 0.3 is 0 Å². The van der Waals surface area contributed by atoms with Crippen LogP contribution in [0.3, 0.4) is 0 Å². The van der Waals surface area contributed by atoms with Crippen LogP contribution in [0.25, 0.3) is 0 Å². The Morgan fingerprint density at radius 3 is 2.53 bits per heavy atom. The predicted molar refractivity (Wildman–Crippen MR) is 77.0 cm³/mol. The van der Waals surface area contributed by atoms with E-state index in [9.17, 15) is 0 Å². The molecule has 1 unspecified atom stereocenters. The number of hydrogen-bond acceptors (Lipinski definition) is 1. The van der Waals surface area contributed by atoms with Gasteiger partial charge in [0.2, 0.25) is 0 Å². The first-order valence-corrected chi connectivity index (χ1v) is 8.22. The summed E-state index contributed by atoms with van der Waals surface area (Å²) in [6.07, 6.45) is 0.973. The maximum Gasteiger partial charge on any atom is 0.132 e. The van der Waals surface area contributed by atoms with E-state index in [4.69, 9.17) is 16.0 Å². The quantitative estimate of drug-likeness (QED) is 0.685. The van der Waals surface area contributed by atoms with Crippen molar-refractivity contribution in [2.45, 2.75) is 51.8 Å². The summed E-state index contributed by atoms with van der Waals surface area (Å²) in [4.78, 5) is 0. The van der Waals surface area contributed by atoms with Crippen molar-refractivity contribution in [3.63, 3.8) is 0 Å². The lowest BCUT2D eigenvalue weighted by atomic mass is 10.0. The summed E-state index contributed by atoms with van der Waals surface area (Å²) in [5.74, 6) is 1.04. The second-order valence-electron chi connectivity index (χ2n) is 6.26. The fourth-order valence-corrected chi connectivity index (χ4v) is 3.82. The molecule has 1 nitrogen and oxygen atoms in total. The van der Waals surface area contributed by atoms with Gasteiger partial charge in [-0.25, -0.2) is 0 Å². The highest BCUT2D eigenvalue weighted by Crippen LogP contribution is 2.55. The first-order valence-electron chi connectivity index (χ1n) is 5.98. The van der Waals surface area contributed by atoms with E-state index in [-0.39, 0.29) is 10.8 Å². The van der Waals surface area contributed by atoms with E-state index < -0.39 is 7.27 Å². The Labute approximate surface area is 110 Å². The highest BCUT2D eigenvalue weighted by atomic mass is 35.7. The third-order valence-electron chi connectivity index (χ3n) is 2.87. The van der Waals surface area contributed by atoms with E-state index in [0.717, 1.165) is 12.2 Å². The van der Waals surface area contributed by atoms with Gasteiger partial charge in [0.15, 0.2) is 0 Å². The molecule has 0 radical (unpaired) electrons. The van der Waals surface area contributed by atoms with Gasteiger partial charge in [0.05, 0.1) is 0 Å². The van der Waals surface area contributed by atoms with E-state index in [2.05, 4.69) is 52.8 Å². The zero-order chi connectivity index (χ0) is 12.8. The molecule has 0 aliphatic carbocycles. The highest BCUT2D eigenvalue weighted by molar-refractivity contribution is 7.91. The minimum absolute atomic E-state index is 0.0939. The Balaban J connectivity index is 2.43. The van der Waals surface area contributed by atoms with Crippen LogP contribution in [-0.2, 0) is 6.42 Å². The maximum atomic E-state index is 6.64. The van der Waals surface area contributed by atoms with Gasteiger partial charge in [0, 0.05) is 24.2 Å². The maximum absolute atomic E-state index is 6.64. The molecule has 1 aromatic rings. The molecule has 0 saturated carbocycles. The normalized spacial score (nSPS) is 19.6. The van der Waals surface area contributed by atoms with Gasteiger partial charge in [-0.05, 0) is 25.5 Å². The van der Waals surface area contributed by atoms with Crippen LogP contribution in [-0.4, -0.2) is 10.8 Å². The van der Waals surface area contributed by atoms with Crippen molar-refractivity contribution in [2.75, 3.05) is 0 Å². The van der Waals surface area contributed by atoms with Crippen molar-refractivity contribution in [3.05, 3.63) is 23.8 Å². The van der Waals surface area contributed by atoms with Crippen LogP contribution in [0.15, 0.2) is 18.2 Å². The van der Waals surface area contributed by atoms with Crippen LogP contribution in [0.5, 0.6) is 5.75 Å². The van der Waals surface area contributed by atoms with Crippen LogP contribution in [0.4, 0.5) is 0 Å². The molecule has 1 aromatic carbocycles. The minimum atomic E-state index is -0.714. The Bertz CT molecular complexity index is 434. The zero-order valence-corrected chi connectivity index (χ0v) is 12.8. The number of halogens is 1. The SMILES string of the molecule is CC1(C)Cc2cccc(P(Cl)C(C)(C)C)c2O1. The molecule has 0 amide bonds. The molecule has 0 N–H and O–H groups in total. The summed E-state index contributed by atoms with van der Waals surface area (Å²) in [6, 6.07) is 6.36. The van der Waals surface area contributed by atoms with Crippen LogP contribution >= 0.6 is 18.5 Å². The molecular weight excluding hydrogens is 251 g/mol. The van der Waals surface area contributed by atoms with E-state index >= 15 is 0 Å². The third kappa shape index (κ3) is 2.61. The molecule has 0 fully saturated rings. The summed E-state index contributed by atoms with van der Waals surface area (Å²) < 4.78 is 6.07. The number of hydrogen-bond donors (Lipinski definition) is 0. The number of benzene rings is 1. The van der Waals surface area contributed by atoms with Gasteiger partial charge in [-0.3, -0.25) is 0 Å². The lowest BCUT2D eigenvalue weighted by molar-refractivity contribution is 0.140. The Morgan fingerprint density at radius 2 is 1.94 bits per heavy atom. The zero-order valence-electron chi connectivity index (χ0n) is 11.2. The molecule has 1 aliphatic heterocycles. The molecule has 0 aromatic heterocycles. The van der Waals surface area contributed by atoms with Crippen molar-refractivity contribution in [3.8, 4) is 5.75 Å². The summed E-state index contributed by atoms with van der Waals surface area (Å²) in [7, 11) is -0.714. The molecule has 3 heteroatoms. The molecule has 1 aliphatic rings. The van der Waals surface area contributed by atoms with Crippen LogP contribution in [0, 0.1) is 0 Å². The van der Waals surface area contributed by atoms with E-state index in [1.807, 2.05) is 0 Å². The van der Waals surface area contributed by atoms with Gasteiger partial charge in [-0.1, -0.05) is 44.1 Å². The smallest absolute Gasteiger partial charge is 0.132 e. The molecule has 1 atom stereocenters. The summed E-state index contributed by atoms with van der Waals surface area (Å²) >= 11 is 6.64. The van der Waals surface area contributed by atoms with Crippen molar-refractivity contribution >= 4 is 23.8 Å². The number of ether oxygens (including phenoxy) is 1. The first-order chi connectivity index (χ1) is 7.71. The number of fused-ring (bicyclic) bond motifs is 1. The van der Waals surface area contributed by atoms with Crippen molar-refractivity contribution in [1.29, 1.82) is 0 Å². The average molecular weight is 271 g/mol. The highest BCUT2D eigenvalue weighted by Gasteiger charge is 2.35. The molecule has 2 rings (SSSR count). The van der Waals surface area contributed by atoms with Gasteiger partial charge in [0.1, 0.15) is 11.4 Å². The standard InChI is InChI=1S/C14H20ClOP/c1-13(2,3)17(15)11-8-6-7-10-9-14(4,5)16-12(10)11/h6-8H,9H2,1-5H3. The second-order valence-corrected chi connectivity index (χ2v) is 9.65. The third-order valence-corrected chi connectivity index (χ3v) is 6.89. The molecule has 0 saturated heterocycles. The van der Waals surface area contributed by atoms with Gasteiger partial charge in [-0.15, -0.1) is 0 Å². The monoisotopic (exact) mass is 270 g/mol. The summed E-state index contributed by atoms with van der Waals surface area (Å²) in [5.41, 5.74) is 1.20. The van der Waals surface area contributed by atoms with Gasteiger partial charge < -0.3 is 4.74 Å². The van der Waals surface area contributed by atoms with Crippen molar-refractivity contribution < 1.29 is 4.74 Å². The number of para-hydroxylation sites is 1. The van der Waals surface area contributed by atoms with Crippen molar-refractivity contribution in [2.24, 2.45) is 0 Å². The lowest BCUT2D eigenvalue weighted by Gasteiger charge is -2.27. The van der Waals surface area contributed by atoms with Gasteiger partial charge in [0.25, 0.3) is 0 Å². The summed E-state index contributed by atoms with van der Waals surface area (Å²) in [5, 5.41) is 1.29. The van der Waals surface area contributed by atoms with E-state index in [1.165, 1.54) is 10.9 Å². The van der Waals surface area contributed by atoms with Crippen LogP contribution < -0.4 is 10.0 Å². The first kappa shape index (κ1) is 13.2. The molecule has 94 valence electrons. The predicted octanol–water partition coefficient (Wildman–Crippen LogP) is 4.46. The molecule has 0 spiro atoms. The molecular formula is C14H20ClOP. The molecule has 1 heterocycles. The average Bonchev–Trinajstić information content (AvgIpc) is 2.48. The van der Waals surface area contributed by atoms with Crippen molar-refractivity contribution in [1.82, 2.24) is 0 Å². The Morgan fingerprint density at radius 1 is 1.29 bits per heavy atom. The van der Waals surface area contributed by atoms with Crippen LogP contribution in [0.2, 0.25) is 0 Å². The largest absolute Gasteiger partial charge is 0.487 e. The fourth-order valence-electron chi connectivity index (χ4n) is 2.12. The number of rotatable bonds is 1. The van der Waals surface area contributed by atoms with E-state index in [1.54, 1.807) is 0 Å². The molecule has 0 bridgehead atoms.